The molecule has 30 heavy (non-hydrogen) atoms. The number of carbonyl (C=O) groups excluding carboxylic acids is 2. The van der Waals surface area contributed by atoms with Crippen molar-refractivity contribution in [1.82, 2.24) is 10.3 Å². The Morgan fingerprint density at radius 2 is 2.17 bits per heavy atom. The Morgan fingerprint density at radius 1 is 1.30 bits per heavy atom. The first-order chi connectivity index (χ1) is 14.5. The third kappa shape index (κ3) is 4.31. The second-order valence-electron chi connectivity index (χ2n) is 7.90. The van der Waals surface area contributed by atoms with E-state index in [0.29, 0.717) is 5.92 Å². The number of esters is 1. The first-order valence-electron chi connectivity index (χ1n) is 10.3. The van der Waals surface area contributed by atoms with Gasteiger partial charge in [-0.1, -0.05) is 12.1 Å². The van der Waals surface area contributed by atoms with E-state index in [1.54, 1.807) is 0 Å². The molecule has 2 aromatic rings. The molecular weight excluding hydrogens is 382 g/mol. The Kier molecular flexibility index (Phi) is 5.99. The Bertz CT molecular complexity index is 946. The van der Waals surface area contributed by atoms with E-state index in [2.05, 4.69) is 39.4 Å². The van der Waals surface area contributed by atoms with Gasteiger partial charge >= 0.3 is 5.97 Å². The number of nitrogens with one attached hydrogen (secondary N) is 2. The van der Waals surface area contributed by atoms with Crippen LogP contribution in [-0.4, -0.2) is 37.1 Å². The third-order valence-electron chi connectivity index (χ3n) is 5.80. The summed E-state index contributed by atoms with van der Waals surface area (Å²) in [6.45, 7) is 3.07. The minimum Gasteiger partial charge on any atom is -0.469 e. The van der Waals surface area contributed by atoms with Gasteiger partial charge in [0.15, 0.2) is 0 Å². The van der Waals surface area contributed by atoms with Gasteiger partial charge in [-0.05, 0) is 42.7 Å². The third-order valence-corrected chi connectivity index (χ3v) is 5.80. The van der Waals surface area contributed by atoms with Crippen molar-refractivity contribution in [3.8, 4) is 0 Å². The lowest BCUT2D eigenvalue weighted by Gasteiger charge is -2.36. The van der Waals surface area contributed by atoms with Gasteiger partial charge in [0, 0.05) is 36.5 Å². The van der Waals surface area contributed by atoms with Gasteiger partial charge in [-0.3, -0.25) is 14.6 Å². The summed E-state index contributed by atoms with van der Waals surface area (Å²) in [5, 5.41) is 6.41. The summed E-state index contributed by atoms with van der Waals surface area (Å²) >= 11 is 0. The van der Waals surface area contributed by atoms with Crippen molar-refractivity contribution in [2.24, 2.45) is 5.92 Å². The second-order valence-corrected chi connectivity index (χ2v) is 7.90. The van der Waals surface area contributed by atoms with Crippen molar-refractivity contribution in [2.75, 3.05) is 25.6 Å². The average molecular weight is 409 g/mol. The van der Waals surface area contributed by atoms with Crippen molar-refractivity contribution in [2.45, 2.75) is 38.3 Å². The quantitative estimate of drug-likeness (QED) is 0.713. The molecule has 1 aromatic carbocycles. The van der Waals surface area contributed by atoms with Crippen molar-refractivity contribution in [1.29, 1.82) is 0 Å². The summed E-state index contributed by atoms with van der Waals surface area (Å²) in [6.07, 6.45) is 3.25. The predicted molar refractivity (Wildman–Crippen MR) is 112 cm³/mol. The highest BCUT2D eigenvalue weighted by atomic mass is 16.5. The lowest BCUT2D eigenvalue weighted by atomic mass is 9.81. The number of pyridine rings is 1. The molecule has 0 unspecified atom stereocenters. The summed E-state index contributed by atoms with van der Waals surface area (Å²) in [5.74, 6) is -0.151. The minimum atomic E-state index is -0.336. The van der Waals surface area contributed by atoms with Crippen LogP contribution in [0.25, 0.3) is 0 Å². The maximum Gasteiger partial charge on any atom is 0.307 e. The number of anilines is 1. The van der Waals surface area contributed by atoms with Crippen LogP contribution in [0.1, 0.15) is 47.4 Å². The number of carbonyl (C=O) groups is 2. The number of ether oxygens (including phenoxy) is 2. The molecule has 7 heteroatoms. The molecule has 2 N–H and O–H groups in total. The van der Waals surface area contributed by atoms with Crippen LogP contribution in [0, 0.1) is 12.8 Å². The van der Waals surface area contributed by atoms with E-state index in [-0.39, 0.29) is 43.4 Å². The Balaban J connectivity index is 1.49. The SMILES string of the molecule is COC(=O)CCNC(=O)Cc1ccc2c(c1)[C@@H]1OCC[C@@H]1[C@H](c1cc(C)ccn1)N2. The zero-order valence-electron chi connectivity index (χ0n) is 17.3. The molecule has 3 atom stereocenters. The molecule has 158 valence electrons. The number of rotatable bonds is 6. The molecule has 1 amide bonds. The highest BCUT2D eigenvalue weighted by Gasteiger charge is 2.42. The highest BCUT2D eigenvalue weighted by Crippen LogP contribution is 2.49. The van der Waals surface area contributed by atoms with Crippen LogP contribution < -0.4 is 10.6 Å². The molecule has 1 fully saturated rings. The number of hydrogen-bond donors (Lipinski definition) is 2. The molecule has 0 spiro atoms. The summed E-state index contributed by atoms with van der Waals surface area (Å²) in [5.41, 5.74) is 5.28. The zero-order valence-corrected chi connectivity index (χ0v) is 17.3. The van der Waals surface area contributed by atoms with Gasteiger partial charge < -0.3 is 20.1 Å². The maximum absolute atomic E-state index is 12.2. The smallest absolute Gasteiger partial charge is 0.307 e. The van der Waals surface area contributed by atoms with E-state index in [0.717, 1.165) is 35.5 Å². The Morgan fingerprint density at radius 3 is 2.97 bits per heavy atom. The van der Waals surface area contributed by atoms with Crippen LogP contribution in [0.4, 0.5) is 5.69 Å². The zero-order chi connectivity index (χ0) is 21.1. The van der Waals surface area contributed by atoms with E-state index in [1.807, 2.05) is 24.4 Å². The summed E-state index contributed by atoms with van der Waals surface area (Å²) in [7, 11) is 1.34. The van der Waals surface area contributed by atoms with Crippen molar-refractivity contribution >= 4 is 17.6 Å². The van der Waals surface area contributed by atoms with Crippen LogP contribution in [0.5, 0.6) is 0 Å². The normalized spacial score (nSPS) is 21.9. The number of aryl methyl sites for hydroxylation is 1. The van der Waals surface area contributed by atoms with Crippen molar-refractivity contribution in [3.05, 3.63) is 58.9 Å². The molecule has 2 aliphatic heterocycles. The number of methoxy groups -OCH3 is 1. The molecule has 2 aliphatic rings. The fraction of sp³-hybridized carbons (Fsp3) is 0.435. The average Bonchev–Trinajstić information content (AvgIpc) is 3.23. The van der Waals surface area contributed by atoms with Gasteiger partial charge in [-0.2, -0.15) is 0 Å². The van der Waals surface area contributed by atoms with Crippen molar-refractivity contribution < 1.29 is 19.1 Å². The van der Waals surface area contributed by atoms with Gasteiger partial charge in [0.2, 0.25) is 5.91 Å². The molecule has 1 saturated heterocycles. The first-order valence-corrected chi connectivity index (χ1v) is 10.3. The van der Waals surface area contributed by atoms with Crippen LogP contribution in [0.3, 0.4) is 0 Å². The molecule has 7 nitrogen and oxygen atoms in total. The largest absolute Gasteiger partial charge is 0.469 e. The number of benzene rings is 1. The highest BCUT2D eigenvalue weighted by molar-refractivity contribution is 5.79. The second kappa shape index (κ2) is 8.83. The van der Waals surface area contributed by atoms with E-state index in [1.165, 1.54) is 12.7 Å². The van der Waals surface area contributed by atoms with Gasteiger partial charge in [0.1, 0.15) is 0 Å². The molecule has 0 aliphatic carbocycles. The lowest BCUT2D eigenvalue weighted by molar-refractivity contribution is -0.140. The van der Waals surface area contributed by atoms with E-state index in [4.69, 9.17) is 4.74 Å². The Hall–Kier alpha value is -2.93. The standard InChI is InChI=1S/C23H27N3O4/c1-14-5-8-24-19(11-14)22-16-7-10-30-23(16)17-12-15(3-4-18(17)26-22)13-20(27)25-9-6-21(28)29-2/h3-5,8,11-12,16,22-23,26H,6-7,9-10,13H2,1-2H3,(H,25,27)/t16-,22-,23-/m1/s1. The Labute approximate surface area is 176 Å². The summed E-state index contributed by atoms with van der Waals surface area (Å²) in [6, 6.07) is 10.3. The summed E-state index contributed by atoms with van der Waals surface area (Å²) in [4.78, 5) is 28.0. The number of amides is 1. The molecule has 4 rings (SSSR count). The van der Waals surface area contributed by atoms with Crippen LogP contribution in [0.2, 0.25) is 0 Å². The minimum absolute atomic E-state index is 0.00380. The molecular formula is C23H27N3O4. The monoisotopic (exact) mass is 409 g/mol. The van der Waals surface area contributed by atoms with Gasteiger partial charge in [-0.15, -0.1) is 0 Å². The number of aromatic nitrogens is 1. The first kappa shape index (κ1) is 20.3. The van der Waals surface area contributed by atoms with E-state index in [9.17, 15) is 9.59 Å². The topological polar surface area (TPSA) is 89.5 Å². The molecule has 0 saturated carbocycles. The number of nitrogens with zero attached hydrogens (tertiary/aromatic N) is 1. The maximum atomic E-state index is 12.2. The molecule has 3 heterocycles. The molecule has 1 aromatic heterocycles. The van der Waals surface area contributed by atoms with E-state index < -0.39 is 0 Å². The lowest BCUT2D eigenvalue weighted by Crippen LogP contribution is -2.30. The fourth-order valence-electron chi connectivity index (χ4n) is 4.31. The van der Waals surface area contributed by atoms with Crippen molar-refractivity contribution in [3.63, 3.8) is 0 Å². The molecule has 0 bridgehead atoms. The van der Waals surface area contributed by atoms with Crippen LogP contribution in [-0.2, 0) is 25.5 Å². The van der Waals surface area contributed by atoms with Gasteiger partial charge in [0.25, 0.3) is 0 Å². The summed E-state index contributed by atoms with van der Waals surface area (Å²) < 4.78 is 10.7. The van der Waals surface area contributed by atoms with E-state index >= 15 is 0 Å². The fourth-order valence-corrected chi connectivity index (χ4v) is 4.31. The predicted octanol–water partition coefficient (Wildman–Crippen LogP) is 2.86. The van der Waals surface area contributed by atoms with Gasteiger partial charge in [-0.25, -0.2) is 0 Å². The molecule has 0 radical (unpaired) electrons. The number of hydrogen-bond acceptors (Lipinski definition) is 6. The number of fused-ring (bicyclic) bond motifs is 3. The van der Waals surface area contributed by atoms with Gasteiger partial charge in [0.05, 0.1) is 37.8 Å². The van der Waals surface area contributed by atoms with Crippen LogP contribution in [0.15, 0.2) is 36.5 Å². The van der Waals surface area contributed by atoms with Crippen LogP contribution >= 0.6 is 0 Å².